The molecule has 1 aliphatic heterocycles. The van der Waals surface area contributed by atoms with Crippen molar-refractivity contribution in [1.29, 1.82) is 0 Å². The highest BCUT2D eigenvalue weighted by atomic mass is 35.5. The molecule has 180 valence electrons. The van der Waals surface area contributed by atoms with E-state index in [-0.39, 0.29) is 17.8 Å². The number of carbonyl (C=O) groups is 1. The van der Waals surface area contributed by atoms with E-state index in [1.165, 1.54) is 0 Å². The third kappa shape index (κ3) is 4.48. The molecule has 0 saturated carbocycles. The SMILES string of the molecule is COc1cccc(C2Nc3ccccc3NC3=C2C(=O)CC(c2ccccc2Cl)C3)c1OC(C)C. The van der Waals surface area contributed by atoms with Crippen LogP contribution in [-0.4, -0.2) is 19.0 Å². The van der Waals surface area contributed by atoms with E-state index in [2.05, 4.69) is 10.6 Å². The maximum atomic E-state index is 13.8. The van der Waals surface area contributed by atoms with Gasteiger partial charge in [-0.05, 0) is 56.0 Å². The molecule has 0 spiro atoms. The number of anilines is 2. The summed E-state index contributed by atoms with van der Waals surface area (Å²) in [6.07, 6.45) is 1.02. The molecule has 0 fully saturated rings. The maximum absolute atomic E-state index is 13.8. The standard InChI is InChI=1S/C29H29ClN2O3/c1-17(2)35-29-20(10-8-14-26(29)34-3)28-27-24(31-22-12-6-7-13-23(22)32-28)15-18(16-25(27)33)19-9-4-5-11-21(19)30/h4-14,17-18,28,31-32H,15-16H2,1-3H3. The number of ketones is 1. The highest BCUT2D eigenvalue weighted by Crippen LogP contribution is 2.48. The van der Waals surface area contributed by atoms with Crippen molar-refractivity contribution in [3.8, 4) is 11.5 Å². The third-order valence-electron chi connectivity index (χ3n) is 6.55. The third-order valence-corrected chi connectivity index (χ3v) is 6.89. The first-order valence-corrected chi connectivity index (χ1v) is 12.3. The second-order valence-corrected chi connectivity index (χ2v) is 9.64. The summed E-state index contributed by atoms with van der Waals surface area (Å²) in [5.41, 5.74) is 5.37. The highest BCUT2D eigenvalue weighted by molar-refractivity contribution is 6.31. The van der Waals surface area contributed by atoms with E-state index in [9.17, 15) is 4.79 Å². The summed E-state index contributed by atoms with van der Waals surface area (Å²) in [6.45, 7) is 3.97. The molecule has 0 bridgehead atoms. The van der Waals surface area contributed by atoms with E-state index in [0.717, 1.165) is 33.8 Å². The van der Waals surface area contributed by atoms with Crippen LogP contribution in [0, 0.1) is 0 Å². The van der Waals surface area contributed by atoms with Crippen molar-refractivity contribution in [2.45, 2.75) is 44.8 Å². The molecule has 0 radical (unpaired) electrons. The van der Waals surface area contributed by atoms with Crippen molar-refractivity contribution in [2.75, 3.05) is 17.7 Å². The number of methoxy groups -OCH3 is 1. The quantitative estimate of drug-likeness (QED) is 0.400. The summed E-state index contributed by atoms with van der Waals surface area (Å²) in [7, 11) is 1.63. The molecule has 5 rings (SSSR count). The first kappa shape index (κ1) is 23.3. The molecule has 0 aromatic heterocycles. The number of hydrogen-bond donors (Lipinski definition) is 2. The van der Waals surface area contributed by atoms with Gasteiger partial charge < -0.3 is 20.1 Å². The molecule has 2 N–H and O–H groups in total. The van der Waals surface area contributed by atoms with Gasteiger partial charge in [0.05, 0.1) is 30.6 Å². The zero-order valence-electron chi connectivity index (χ0n) is 20.1. The van der Waals surface area contributed by atoms with Crippen molar-refractivity contribution in [3.05, 3.63) is 94.1 Å². The fraction of sp³-hybridized carbons (Fsp3) is 0.276. The zero-order chi connectivity index (χ0) is 24.5. The molecular formula is C29H29ClN2O3. The molecule has 6 heteroatoms. The molecule has 0 saturated heterocycles. The molecule has 0 amide bonds. The number of ether oxygens (including phenoxy) is 2. The van der Waals surface area contributed by atoms with E-state index >= 15 is 0 Å². The van der Waals surface area contributed by atoms with Gasteiger partial charge in [-0.2, -0.15) is 0 Å². The van der Waals surface area contributed by atoms with E-state index in [1.54, 1.807) is 7.11 Å². The van der Waals surface area contributed by atoms with Gasteiger partial charge >= 0.3 is 0 Å². The van der Waals surface area contributed by atoms with Crippen LogP contribution in [0.3, 0.4) is 0 Å². The molecule has 2 unspecified atom stereocenters. The van der Waals surface area contributed by atoms with Crippen LogP contribution in [0.1, 0.15) is 49.8 Å². The van der Waals surface area contributed by atoms with Gasteiger partial charge in [-0.15, -0.1) is 0 Å². The monoisotopic (exact) mass is 488 g/mol. The van der Waals surface area contributed by atoms with Crippen LogP contribution in [-0.2, 0) is 4.79 Å². The van der Waals surface area contributed by atoms with Gasteiger partial charge in [-0.25, -0.2) is 0 Å². The fourth-order valence-electron chi connectivity index (χ4n) is 5.03. The van der Waals surface area contributed by atoms with Crippen LogP contribution >= 0.6 is 11.6 Å². The molecule has 3 aromatic carbocycles. The van der Waals surface area contributed by atoms with Crippen LogP contribution in [0.4, 0.5) is 11.4 Å². The first-order valence-electron chi connectivity index (χ1n) is 11.9. The number of carbonyl (C=O) groups excluding carboxylic acids is 1. The number of Topliss-reactive ketones (excluding diaryl/α,β-unsaturated/α-hetero) is 1. The number of allylic oxidation sites excluding steroid dienone is 1. The van der Waals surface area contributed by atoms with E-state index < -0.39 is 6.04 Å². The Morgan fingerprint density at radius 2 is 1.63 bits per heavy atom. The molecule has 1 heterocycles. The Labute approximate surface area is 211 Å². The number of para-hydroxylation sites is 3. The summed E-state index contributed by atoms with van der Waals surface area (Å²) < 4.78 is 11.9. The lowest BCUT2D eigenvalue weighted by Gasteiger charge is -2.31. The van der Waals surface area contributed by atoms with Crippen LogP contribution in [0.2, 0.25) is 5.02 Å². The second kappa shape index (κ2) is 9.67. The van der Waals surface area contributed by atoms with E-state index in [4.69, 9.17) is 21.1 Å². The number of fused-ring (bicyclic) bond motifs is 1. The predicted molar refractivity (Wildman–Crippen MR) is 141 cm³/mol. The fourth-order valence-corrected chi connectivity index (χ4v) is 5.32. The molecule has 5 nitrogen and oxygen atoms in total. The lowest BCUT2D eigenvalue weighted by molar-refractivity contribution is -0.116. The average Bonchev–Trinajstić information content (AvgIpc) is 3.01. The normalized spacial score (nSPS) is 19.3. The highest BCUT2D eigenvalue weighted by Gasteiger charge is 2.38. The van der Waals surface area contributed by atoms with Crippen molar-refractivity contribution >= 4 is 28.8 Å². The largest absolute Gasteiger partial charge is 0.493 e. The second-order valence-electron chi connectivity index (χ2n) is 9.24. The van der Waals surface area contributed by atoms with Crippen LogP contribution in [0.5, 0.6) is 11.5 Å². The minimum Gasteiger partial charge on any atom is -0.493 e. The summed E-state index contributed by atoms with van der Waals surface area (Å²) in [4.78, 5) is 13.8. The Morgan fingerprint density at radius 3 is 2.37 bits per heavy atom. The lowest BCUT2D eigenvalue weighted by Crippen LogP contribution is -2.27. The van der Waals surface area contributed by atoms with Gasteiger partial charge in [-0.3, -0.25) is 4.79 Å². The van der Waals surface area contributed by atoms with Crippen LogP contribution in [0.25, 0.3) is 0 Å². The van der Waals surface area contributed by atoms with Crippen molar-refractivity contribution < 1.29 is 14.3 Å². The molecule has 2 atom stereocenters. The van der Waals surface area contributed by atoms with Gasteiger partial charge in [0.2, 0.25) is 0 Å². The van der Waals surface area contributed by atoms with Gasteiger partial charge in [0.15, 0.2) is 17.3 Å². The molecule has 2 aliphatic rings. The number of halogens is 1. The average molecular weight is 489 g/mol. The Kier molecular flexibility index (Phi) is 6.44. The van der Waals surface area contributed by atoms with E-state index in [0.29, 0.717) is 29.4 Å². The smallest absolute Gasteiger partial charge is 0.167 e. The van der Waals surface area contributed by atoms with Gasteiger partial charge in [0.1, 0.15) is 0 Å². The van der Waals surface area contributed by atoms with Gasteiger partial charge in [-0.1, -0.05) is 54.1 Å². The van der Waals surface area contributed by atoms with Gasteiger partial charge in [0.25, 0.3) is 0 Å². The van der Waals surface area contributed by atoms with Crippen LogP contribution in [0.15, 0.2) is 78.0 Å². The van der Waals surface area contributed by atoms with E-state index in [1.807, 2.05) is 80.6 Å². The minimum absolute atomic E-state index is 0.00468. The number of nitrogens with one attached hydrogen (secondary N) is 2. The number of rotatable bonds is 5. The number of hydrogen-bond acceptors (Lipinski definition) is 5. The summed E-state index contributed by atoms with van der Waals surface area (Å²) in [5, 5.41) is 7.91. The van der Waals surface area contributed by atoms with Gasteiger partial charge in [0, 0.05) is 28.3 Å². The maximum Gasteiger partial charge on any atom is 0.167 e. The Morgan fingerprint density at radius 1 is 0.914 bits per heavy atom. The zero-order valence-corrected chi connectivity index (χ0v) is 20.9. The molecule has 1 aliphatic carbocycles. The summed E-state index contributed by atoms with van der Waals surface area (Å²) >= 11 is 6.53. The van der Waals surface area contributed by atoms with Crippen LogP contribution < -0.4 is 20.1 Å². The molecule has 3 aromatic rings. The summed E-state index contributed by atoms with van der Waals surface area (Å²) in [6, 6.07) is 21.2. The van der Waals surface area contributed by atoms with Crippen molar-refractivity contribution in [3.63, 3.8) is 0 Å². The predicted octanol–water partition coefficient (Wildman–Crippen LogP) is 7.12. The van der Waals surface area contributed by atoms with Crippen molar-refractivity contribution in [1.82, 2.24) is 0 Å². The Hall–Kier alpha value is -3.44. The molecular weight excluding hydrogens is 460 g/mol. The Balaban J connectivity index is 1.66. The first-order chi connectivity index (χ1) is 17.0. The minimum atomic E-state index is -0.398. The van der Waals surface area contributed by atoms with Crippen molar-refractivity contribution in [2.24, 2.45) is 0 Å². The summed E-state index contributed by atoms with van der Waals surface area (Å²) in [5.74, 6) is 1.38. The Bertz CT molecular complexity index is 1300. The lowest BCUT2D eigenvalue weighted by atomic mass is 9.78. The number of benzene rings is 3. The topological polar surface area (TPSA) is 59.6 Å². The molecule has 35 heavy (non-hydrogen) atoms.